The molecule has 14 heavy (non-hydrogen) atoms. The first-order valence-electron chi connectivity index (χ1n) is 3.96. The third-order valence-corrected chi connectivity index (χ3v) is 2.43. The van der Waals surface area contributed by atoms with Crippen molar-refractivity contribution in [3.8, 4) is 11.5 Å². The Morgan fingerprint density at radius 3 is 2.43 bits per heavy atom. The number of hydrogen-bond donors (Lipinski definition) is 1. The van der Waals surface area contributed by atoms with E-state index < -0.39 is 0 Å². The molecule has 0 heterocycles. The lowest BCUT2D eigenvalue weighted by Gasteiger charge is -2.10. The SMILES string of the molecule is COc1cc(OC)c(CNF)cc1Br. The van der Waals surface area contributed by atoms with E-state index in [1.54, 1.807) is 24.8 Å². The minimum atomic E-state index is 0.103. The summed E-state index contributed by atoms with van der Waals surface area (Å²) in [6, 6.07) is 3.46. The molecule has 78 valence electrons. The van der Waals surface area contributed by atoms with Gasteiger partial charge in [0.25, 0.3) is 0 Å². The number of methoxy groups -OCH3 is 2. The molecule has 1 aromatic rings. The third-order valence-electron chi connectivity index (χ3n) is 1.81. The van der Waals surface area contributed by atoms with E-state index in [0.29, 0.717) is 11.5 Å². The summed E-state index contributed by atoms with van der Waals surface area (Å²) >= 11 is 3.31. The van der Waals surface area contributed by atoms with E-state index in [1.165, 1.54) is 7.11 Å². The highest BCUT2D eigenvalue weighted by Gasteiger charge is 2.08. The predicted octanol–water partition coefficient (Wildman–Crippen LogP) is 2.44. The average molecular weight is 264 g/mol. The van der Waals surface area contributed by atoms with Crippen molar-refractivity contribution >= 4 is 15.9 Å². The van der Waals surface area contributed by atoms with Gasteiger partial charge in [-0.3, -0.25) is 0 Å². The summed E-state index contributed by atoms with van der Waals surface area (Å²) in [6.07, 6.45) is 0. The second kappa shape index (κ2) is 5.17. The highest BCUT2D eigenvalue weighted by atomic mass is 79.9. The molecule has 0 saturated carbocycles. The van der Waals surface area contributed by atoms with Gasteiger partial charge >= 0.3 is 0 Å². The van der Waals surface area contributed by atoms with Gasteiger partial charge < -0.3 is 9.47 Å². The lowest BCUT2D eigenvalue weighted by molar-refractivity contribution is 0.322. The molecule has 0 aromatic heterocycles. The van der Waals surface area contributed by atoms with E-state index in [0.717, 1.165) is 10.0 Å². The minimum Gasteiger partial charge on any atom is -0.496 e. The van der Waals surface area contributed by atoms with Gasteiger partial charge in [0, 0.05) is 11.6 Å². The Morgan fingerprint density at radius 1 is 1.29 bits per heavy atom. The first-order chi connectivity index (χ1) is 6.72. The summed E-state index contributed by atoms with van der Waals surface area (Å²) < 4.78 is 22.9. The monoisotopic (exact) mass is 263 g/mol. The summed E-state index contributed by atoms with van der Waals surface area (Å²) in [4.78, 5) is 0. The molecule has 0 radical (unpaired) electrons. The summed E-state index contributed by atoms with van der Waals surface area (Å²) in [5, 5.41) is 0. The lowest BCUT2D eigenvalue weighted by atomic mass is 10.2. The maximum Gasteiger partial charge on any atom is 0.136 e. The van der Waals surface area contributed by atoms with Crippen LogP contribution >= 0.6 is 15.9 Å². The van der Waals surface area contributed by atoms with Crippen LogP contribution in [0.5, 0.6) is 11.5 Å². The fraction of sp³-hybridized carbons (Fsp3) is 0.333. The predicted molar refractivity (Wildman–Crippen MR) is 55.2 cm³/mol. The van der Waals surface area contributed by atoms with Crippen LogP contribution in [0, 0.1) is 0 Å². The fourth-order valence-corrected chi connectivity index (χ4v) is 1.69. The third kappa shape index (κ3) is 2.36. The van der Waals surface area contributed by atoms with Crippen LogP contribution < -0.4 is 15.0 Å². The Morgan fingerprint density at radius 2 is 1.93 bits per heavy atom. The van der Waals surface area contributed by atoms with Crippen LogP contribution in [0.1, 0.15) is 5.56 Å². The molecule has 1 rings (SSSR count). The summed E-state index contributed by atoms with van der Waals surface area (Å²) in [5.74, 6) is 1.25. The van der Waals surface area contributed by atoms with Gasteiger partial charge in [-0.15, -0.1) is 4.48 Å². The molecule has 0 aliphatic carbocycles. The molecule has 5 heteroatoms. The van der Waals surface area contributed by atoms with E-state index >= 15 is 0 Å². The molecule has 0 unspecified atom stereocenters. The number of nitrogens with one attached hydrogen (secondary N) is 1. The van der Waals surface area contributed by atoms with Crippen LogP contribution in [0.4, 0.5) is 4.48 Å². The topological polar surface area (TPSA) is 30.5 Å². The second-order valence-electron chi connectivity index (χ2n) is 2.61. The van der Waals surface area contributed by atoms with Crippen molar-refractivity contribution in [2.75, 3.05) is 14.2 Å². The summed E-state index contributed by atoms with van der Waals surface area (Å²) in [5.41, 5.74) is 2.31. The molecule has 0 saturated heterocycles. The Hall–Kier alpha value is -0.810. The van der Waals surface area contributed by atoms with Gasteiger partial charge in [0.05, 0.1) is 25.2 Å². The van der Waals surface area contributed by atoms with Crippen LogP contribution in [0.2, 0.25) is 0 Å². The fourth-order valence-electron chi connectivity index (χ4n) is 1.13. The molecule has 3 nitrogen and oxygen atoms in total. The molecule has 0 bridgehead atoms. The van der Waals surface area contributed by atoms with E-state index in [2.05, 4.69) is 15.9 Å². The van der Waals surface area contributed by atoms with Gasteiger partial charge in [-0.1, -0.05) is 0 Å². The molecule has 0 amide bonds. The normalized spacial score (nSPS) is 10.0. The van der Waals surface area contributed by atoms with E-state index in [1.807, 2.05) is 0 Å². The Labute approximate surface area is 90.3 Å². The molecule has 0 spiro atoms. The smallest absolute Gasteiger partial charge is 0.136 e. The van der Waals surface area contributed by atoms with Crippen LogP contribution in [0.15, 0.2) is 16.6 Å². The molecule has 0 aliphatic heterocycles. The zero-order valence-electron chi connectivity index (χ0n) is 7.93. The van der Waals surface area contributed by atoms with Gasteiger partial charge in [0.1, 0.15) is 11.5 Å². The van der Waals surface area contributed by atoms with Crippen molar-refractivity contribution in [1.82, 2.24) is 5.54 Å². The molecule has 1 N–H and O–H groups in total. The lowest BCUT2D eigenvalue weighted by Crippen LogP contribution is -2.03. The zero-order chi connectivity index (χ0) is 10.6. The molecule has 0 atom stereocenters. The van der Waals surface area contributed by atoms with E-state index in [9.17, 15) is 4.48 Å². The van der Waals surface area contributed by atoms with Crippen LogP contribution in [-0.2, 0) is 6.54 Å². The molecular formula is C9H11BrFNO2. The second-order valence-corrected chi connectivity index (χ2v) is 3.46. The van der Waals surface area contributed by atoms with Crippen LogP contribution in [0.3, 0.4) is 0 Å². The first kappa shape index (κ1) is 11.3. The Bertz CT molecular complexity index is 320. The summed E-state index contributed by atoms with van der Waals surface area (Å²) in [7, 11) is 3.09. The minimum absolute atomic E-state index is 0.103. The number of rotatable bonds is 4. The molecule has 0 aliphatic rings. The van der Waals surface area contributed by atoms with Crippen LogP contribution in [0.25, 0.3) is 0 Å². The highest BCUT2D eigenvalue weighted by Crippen LogP contribution is 2.32. The van der Waals surface area contributed by atoms with Crippen molar-refractivity contribution < 1.29 is 14.0 Å². The van der Waals surface area contributed by atoms with E-state index in [4.69, 9.17) is 9.47 Å². The first-order valence-corrected chi connectivity index (χ1v) is 4.76. The maximum atomic E-state index is 12.0. The maximum absolute atomic E-state index is 12.0. The quantitative estimate of drug-likeness (QED) is 0.847. The highest BCUT2D eigenvalue weighted by molar-refractivity contribution is 9.10. The standard InChI is InChI=1S/C9H11BrFNO2/c1-13-8-4-9(14-2)7(10)3-6(8)5-12-11/h3-4,12H,5H2,1-2H3. The van der Waals surface area contributed by atoms with Gasteiger partial charge in [0.15, 0.2) is 0 Å². The van der Waals surface area contributed by atoms with Gasteiger partial charge in [-0.25, -0.2) is 0 Å². The number of hydrogen-bond acceptors (Lipinski definition) is 3. The van der Waals surface area contributed by atoms with Crippen LogP contribution in [-0.4, -0.2) is 14.2 Å². The Balaban J connectivity index is 3.10. The van der Waals surface area contributed by atoms with Crippen molar-refractivity contribution in [1.29, 1.82) is 0 Å². The van der Waals surface area contributed by atoms with Crippen molar-refractivity contribution in [3.63, 3.8) is 0 Å². The van der Waals surface area contributed by atoms with E-state index in [-0.39, 0.29) is 6.54 Å². The van der Waals surface area contributed by atoms with Gasteiger partial charge in [-0.2, -0.15) is 5.54 Å². The number of halogens is 2. The van der Waals surface area contributed by atoms with Gasteiger partial charge in [-0.05, 0) is 22.0 Å². The molecule has 1 aromatic carbocycles. The van der Waals surface area contributed by atoms with Crippen molar-refractivity contribution in [2.24, 2.45) is 0 Å². The number of ether oxygens (including phenoxy) is 2. The summed E-state index contributed by atoms with van der Waals surface area (Å²) in [6.45, 7) is 0.103. The van der Waals surface area contributed by atoms with Crippen molar-refractivity contribution in [3.05, 3.63) is 22.2 Å². The average Bonchev–Trinajstić information content (AvgIpc) is 2.19. The number of benzene rings is 1. The van der Waals surface area contributed by atoms with Gasteiger partial charge in [0.2, 0.25) is 0 Å². The molecular weight excluding hydrogens is 253 g/mol. The van der Waals surface area contributed by atoms with Crippen molar-refractivity contribution in [2.45, 2.75) is 6.54 Å². The molecule has 0 fully saturated rings. The zero-order valence-corrected chi connectivity index (χ0v) is 9.52. The largest absolute Gasteiger partial charge is 0.496 e. The Kier molecular flexibility index (Phi) is 4.16.